The molecule has 6 heteroatoms. The number of anilines is 1. The summed E-state index contributed by atoms with van der Waals surface area (Å²) in [6, 6.07) is 11.8. The van der Waals surface area contributed by atoms with Gasteiger partial charge in [0, 0.05) is 19.2 Å². The van der Waals surface area contributed by atoms with E-state index in [2.05, 4.69) is 17.2 Å². The molecule has 1 fully saturated rings. The SMILES string of the molecule is Cc1ccc(N=C2SC(CC(=O)Nc3cccc(C)c3C)C(=O)N2C)cc1C. The minimum Gasteiger partial charge on any atom is -0.326 e. The van der Waals surface area contributed by atoms with Crippen molar-refractivity contribution in [3.05, 3.63) is 58.7 Å². The molecule has 0 radical (unpaired) electrons. The van der Waals surface area contributed by atoms with Gasteiger partial charge in [-0.25, -0.2) is 4.99 Å². The fourth-order valence-electron chi connectivity index (χ4n) is 2.96. The molecule has 5 nitrogen and oxygen atoms in total. The lowest BCUT2D eigenvalue weighted by atomic mass is 10.1. The number of hydrogen-bond donors (Lipinski definition) is 1. The standard InChI is InChI=1S/C22H25N3O2S/c1-13-9-10-17(11-15(13)3)23-22-25(5)21(27)19(28-22)12-20(26)24-18-8-6-7-14(2)16(18)4/h6-11,19H,12H2,1-5H3,(H,24,26). The zero-order valence-electron chi connectivity index (χ0n) is 16.9. The first-order chi connectivity index (χ1) is 13.3. The first-order valence-corrected chi connectivity index (χ1v) is 10.1. The van der Waals surface area contributed by atoms with Crippen LogP contribution in [0.4, 0.5) is 11.4 Å². The van der Waals surface area contributed by atoms with E-state index >= 15 is 0 Å². The monoisotopic (exact) mass is 395 g/mol. The number of nitrogens with zero attached hydrogens (tertiary/aromatic N) is 2. The van der Waals surface area contributed by atoms with E-state index in [0.717, 1.165) is 28.1 Å². The quantitative estimate of drug-likeness (QED) is 0.828. The number of aliphatic imine (C=N–C) groups is 1. The first-order valence-electron chi connectivity index (χ1n) is 9.22. The predicted octanol–water partition coefficient (Wildman–Crippen LogP) is 4.51. The Morgan fingerprint density at radius 2 is 1.86 bits per heavy atom. The Morgan fingerprint density at radius 1 is 1.11 bits per heavy atom. The number of rotatable bonds is 4. The number of benzene rings is 2. The molecule has 0 spiro atoms. The number of nitrogens with one attached hydrogen (secondary N) is 1. The maximum atomic E-state index is 12.6. The third-order valence-corrected chi connectivity index (χ3v) is 6.33. The van der Waals surface area contributed by atoms with Crippen LogP contribution in [0.15, 0.2) is 41.4 Å². The van der Waals surface area contributed by atoms with Crippen LogP contribution >= 0.6 is 11.8 Å². The van der Waals surface area contributed by atoms with Crippen molar-refractivity contribution in [1.29, 1.82) is 0 Å². The van der Waals surface area contributed by atoms with Crippen LogP contribution < -0.4 is 5.32 Å². The van der Waals surface area contributed by atoms with E-state index in [9.17, 15) is 9.59 Å². The molecule has 1 unspecified atom stereocenters. The lowest BCUT2D eigenvalue weighted by Crippen LogP contribution is -2.30. The van der Waals surface area contributed by atoms with Gasteiger partial charge in [0.1, 0.15) is 5.25 Å². The van der Waals surface area contributed by atoms with Crippen molar-refractivity contribution < 1.29 is 9.59 Å². The molecule has 1 saturated heterocycles. The second-order valence-corrected chi connectivity index (χ2v) is 8.34. The molecule has 1 heterocycles. The van der Waals surface area contributed by atoms with Gasteiger partial charge in [0.2, 0.25) is 11.8 Å². The fourth-order valence-corrected chi connectivity index (χ4v) is 4.11. The van der Waals surface area contributed by atoms with Crippen molar-refractivity contribution in [3.8, 4) is 0 Å². The molecule has 1 N–H and O–H groups in total. The molecule has 0 aliphatic carbocycles. The van der Waals surface area contributed by atoms with Crippen LogP contribution in [0.2, 0.25) is 0 Å². The summed E-state index contributed by atoms with van der Waals surface area (Å²) in [5, 5.41) is 3.09. The van der Waals surface area contributed by atoms with Crippen molar-refractivity contribution in [2.45, 2.75) is 39.4 Å². The van der Waals surface area contributed by atoms with Crippen molar-refractivity contribution >= 4 is 40.1 Å². The highest BCUT2D eigenvalue weighted by molar-refractivity contribution is 8.15. The first kappa shape index (κ1) is 20.1. The number of amidine groups is 1. The van der Waals surface area contributed by atoms with Crippen LogP contribution in [-0.2, 0) is 9.59 Å². The maximum Gasteiger partial charge on any atom is 0.242 e. The molecule has 2 aromatic rings. The lowest BCUT2D eigenvalue weighted by molar-refractivity contribution is -0.127. The van der Waals surface area contributed by atoms with Crippen LogP contribution in [0.1, 0.15) is 28.7 Å². The largest absolute Gasteiger partial charge is 0.326 e. The summed E-state index contributed by atoms with van der Waals surface area (Å²) < 4.78 is 0. The Kier molecular flexibility index (Phi) is 5.89. The summed E-state index contributed by atoms with van der Waals surface area (Å²) >= 11 is 1.34. The zero-order valence-corrected chi connectivity index (χ0v) is 17.7. The average molecular weight is 396 g/mol. The van der Waals surface area contributed by atoms with Crippen molar-refractivity contribution in [1.82, 2.24) is 4.90 Å². The summed E-state index contributed by atoms with van der Waals surface area (Å²) in [7, 11) is 1.71. The van der Waals surface area contributed by atoms with E-state index < -0.39 is 5.25 Å². The average Bonchev–Trinajstić information content (AvgIpc) is 2.90. The highest BCUT2D eigenvalue weighted by atomic mass is 32.2. The summed E-state index contributed by atoms with van der Waals surface area (Å²) in [6.45, 7) is 8.07. The summed E-state index contributed by atoms with van der Waals surface area (Å²) in [5.74, 6) is -0.260. The number of carbonyl (C=O) groups excluding carboxylic acids is 2. The number of amides is 2. The predicted molar refractivity (Wildman–Crippen MR) is 116 cm³/mol. The van der Waals surface area contributed by atoms with E-state index in [4.69, 9.17) is 0 Å². The summed E-state index contributed by atoms with van der Waals surface area (Å²) in [5.41, 5.74) is 6.11. The van der Waals surface area contributed by atoms with Crippen LogP contribution in [-0.4, -0.2) is 34.2 Å². The number of carbonyl (C=O) groups is 2. The van der Waals surface area contributed by atoms with Crippen molar-refractivity contribution in [3.63, 3.8) is 0 Å². The van der Waals surface area contributed by atoms with Gasteiger partial charge in [0.15, 0.2) is 5.17 Å². The third kappa shape index (κ3) is 4.28. The molecule has 146 valence electrons. The smallest absolute Gasteiger partial charge is 0.242 e. The van der Waals surface area contributed by atoms with E-state index in [1.807, 2.05) is 57.2 Å². The molecule has 1 atom stereocenters. The van der Waals surface area contributed by atoms with E-state index in [1.54, 1.807) is 7.05 Å². The van der Waals surface area contributed by atoms with Gasteiger partial charge in [-0.1, -0.05) is 30.0 Å². The summed E-state index contributed by atoms with van der Waals surface area (Å²) in [6.07, 6.45) is 0.118. The third-order valence-electron chi connectivity index (χ3n) is 5.11. The molecule has 0 bridgehead atoms. The Bertz CT molecular complexity index is 968. The Balaban J connectivity index is 1.70. The fraction of sp³-hybridized carbons (Fsp3) is 0.318. The zero-order chi connectivity index (χ0) is 20.4. The second kappa shape index (κ2) is 8.19. The second-order valence-electron chi connectivity index (χ2n) is 7.17. The van der Waals surface area contributed by atoms with Crippen LogP contribution in [0.25, 0.3) is 0 Å². The van der Waals surface area contributed by atoms with Crippen LogP contribution in [0.3, 0.4) is 0 Å². The molecule has 0 aromatic heterocycles. The van der Waals surface area contributed by atoms with Crippen LogP contribution in [0.5, 0.6) is 0 Å². The van der Waals surface area contributed by atoms with Gasteiger partial charge >= 0.3 is 0 Å². The minimum atomic E-state index is -0.458. The molecule has 2 amide bonds. The number of thioether (sulfide) groups is 1. The van der Waals surface area contributed by atoms with Crippen LogP contribution in [0, 0.1) is 27.7 Å². The van der Waals surface area contributed by atoms with Crippen molar-refractivity contribution in [2.24, 2.45) is 4.99 Å². The van der Waals surface area contributed by atoms with Gasteiger partial charge in [-0.3, -0.25) is 14.5 Å². The number of aryl methyl sites for hydroxylation is 3. The molecule has 3 rings (SSSR count). The molecule has 1 aliphatic heterocycles. The highest BCUT2D eigenvalue weighted by Gasteiger charge is 2.37. The Labute approximate surface area is 170 Å². The van der Waals surface area contributed by atoms with E-state index in [-0.39, 0.29) is 18.2 Å². The molecular weight excluding hydrogens is 370 g/mol. The maximum absolute atomic E-state index is 12.6. The highest BCUT2D eigenvalue weighted by Crippen LogP contribution is 2.31. The molecular formula is C22H25N3O2S. The normalized spacial score (nSPS) is 18.0. The lowest BCUT2D eigenvalue weighted by Gasteiger charge is -2.12. The Hall–Kier alpha value is -2.60. The van der Waals surface area contributed by atoms with Gasteiger partial charge < -0.3 is 5.32 Å². The van der Waals surface area contributed by atoms with Gasteiger partial charge in [-0.05, 0) is 68.1 Å². The molecule has 2 aromatic carbocycles. The Morgan fingerprint density at radius 3 is 2.57 bits per heavy atom. The number of hydrogen-bond acceptors (Lipinski definition) is 4. The van der Waals surface area contributed by atoms with E-state index in [1.165, 1.54) is 22.2 Å². The van der Waals surface area contributed by atoms with Crippen molar-refractivity contribution in [2.75, 3.05) is 12.4 Å². The molecule has 28 heavy (non-hydrogen) atoms. The van der Waals surface area contributed by atoms with Gasteiger partial charge in [0.05, 0.1) is 5.69 Å². The summed E-state index contributed by atoms with van der Waals surface area (Å²) in [4.78, 5) is 31.2. The van der Waals surface area contributed by atoms with Gasteiger partial charge in [-0.2, -0.15) is 0 Å². The van der Waals surface area contributed by atoms with E-state index in [0.29, 0.717) is 5.17 Å². The minimum absolute atomic E-state index is 0.0938. The molecule has 0 saturated carbocycles. The molecule has 1 aliphatic rings. The van der Waals surface area contributed by atoms with Gasteiger partial charge in [0.25, 0.3) is 0 Å². The topological polar surface area (TPSA) is 61.8 Å². The van der Waals surface area contributed by atoms with Gasteiger partial charge in [-0.15, -0.1) is 0 Å².